The Morgan fingerprint density at radius 1 is 1.08 bits per heavy atom. The Morgan fingerprint density at radius 2 is 1.92 bits per heavy atom. The molecule has 3 heterocycles. The molecule has 1 saturated heterocycles. The average molecular weight is 322 g/mol. The maximum atomic E-state index is 13.3. The smallest absolute Gasteiger partial charge is 0.237 e. The lowest BCUT2D eigenvalue weighted by Crippen LogP contribution is -2.61. The van der Waals surface area contributed by atoms with Crippen LogP contribution in [0.5, 0.6) is 0 Å². The van der Waals surface area contributed by atoms with Crippen molar-refractivity contribution in [1.82, 2.24) is 9.88 Å². The number of H-pyrrole nitrogens is 1. The number of fused-ring (bicyclic) bond motifs is 5. The third kappa shape index (κ3) is 1.54. The van der Waals surface area contributed by atoms with Gasteiger partial charge in [-0.05, 0) is 50.7 Å². The molecule has 2 atom stereocenters. The molecule has 1 saturated carbocycles. The van der Waals surface area contributed by atoms with Crippen molar-refractivity contribution in [2.75, 3.05) is 6.54 Å². The first-order valence-electron chi connectivity index (χ1n) is 9.02. The van der Waals surface area contributed by atoms with E-state index < -0.39 is 5.41 Å². The number of para-hydroxylation sites is 1. The molecule has 1 N–H and O–H groups in total. The van der Waals surface area contributed by atoms with Crippen LogP contribution >= 0.6 is 0 Å². The van der Waals surface area contributed by atoms with E-state index in [1.54, 1.807) is 0 Å². The third-order valence-corrected chi connectivity index (χ3v) is 6.77. The molecule has 1 amide bonds. The summed E-state index contributed by atoms with van der Waals surface area (Å²) in [5, 5.41) is 1.28. The lowest BCUT2D eigenvalue weighted by Gasteiger charge is -2.52. The molecule has 4 nitrogen and oxygen atoms in total. The quantitative estimate of drug-likeness (QED) is 0.757. The van der Waals surface area contributed by atoms with Crippen LogP contribution in [0.15, 0.2) is 24.3 Å². The molecule has 1 aromatic carbocycles. The number of aromatic amines is 1. The molecule has 24 heavy (non-hydrogen) atoms. The molecule has 2 aromatic rings. The van der Waals surface area contributed by atoms with Crippen molar-refractivity contribution in [2.24, 2.45) is 5.41 Å². The number of carbonyl (C=O) groups is 2. The van der Waals surface area contributed by atoms with E-state index in [9.17, 15) is 9.59 Å². The van der Waals surface area contributed by atoms with Gasteiger partial charge in [-0.2, -0.15) is 0 Å². The molecule has 1 aromatic heterocycles. The van der Waals surface area contributed by atoms with Crippen molar-refractivity contribution in [3.8, 4) is 0 Å². The van der Waals surface area contributed by atoms with Crippen LogP contribution in [-0.4, -0.2) is 28.1 Å². The zero-order chi connectivity index (χ0) is 16.5. The summed E-state index contributed by atoms with van der Waals surface area (Å²) in [5.74, 6) is 0.264. The highest BCUT2D eigenvalue weighted by atomic mass is 16.2. The van der Waals surface area contributed by atoms with Crippen LogP contribution in [0.2, 0.25) is 0 Å². The van der Waals surface area contributed by atoms with Crippen LogP contribution in [0.3, 0.4) is 0 Å². The summed E-state index contributed by atoms with van der Waals surface area (Å²) >= 11 is 0. The minimum Gasteiger partial charge on any atom is -0.356 e. The van der Waals surface area contributed by atoms with Crippen LogP contribution in [0.25, 0.3) is 10.9 Å². The van der Waals surface area contributed by atoms with Crippen molar-refractivity contribution in [3.05, 3.63) is 35.5 Å². The number of carbonyl (C=O) groups excluding carboxylic acids is 2. The number of nitrogens with zero attached hydrogens (tertiary/aromatic N) is 1. The van der Waals surface area contributed by atoms with E-state index in [0.717, 1.165) is 37.7 Å². The number of piperidine rings is 1. The van der Waals surface area contributed by atoms with Crippen LogP contribution in [0.1, 0.15) is 50.3 Å². The molecular formula is C20H22N2O2. The monoisotopic (exact) mass is 322 g/mol. The summed E-state index contributed by atoms with van der Waals surface area (Å²) in [7, 11) is 0. The van der Waals surface area contributed by atoms with E-state index in [-0.39, 0.29) is 17.2 Å². The summed E-state index contributed by atoms with van der Waals surface area (Å²) < 4.78 is 0. The summed E-state index contributed by atoms with van der Waals surface area (Å²) in [4.78, 5) is 31.4. The van der Waals surface area contributed by atoms with E-state index in [1.807, 2.05) is 11.0 Å². The number of nitrogens with one attached hydrogen (secondary N) is 1. The number of rotatable bonds is 0. The van der Waals surface area contributed by atoms with Gasteiger partial charge in [-0.15, -0.1) is 0 Å². The summed E-state index contributed by atoms with van der Waals surface area (Å²) in [6.07, 6.45) is 4.62. The van der Waals surface area contributed by atoms with Crippen LogP contribution in [0, 0.1) is 5.41 Å². The largest absolute Gasteiger partial charge is 0.356 e. The van der Waals surface area contributed by atoms with Crippen LogP contribution in [0.4, 0.5) is 0 Å². The van der Waals surface area contributed by atoms with Gasteiger partial charge in [0, 0.05) is 29.6 Å². The second-order valence-electron chi connectivity index (χ2n) is 7.86. The first-order chi connectivity index (χ1) is 11.6. The van der Waals surface area contributed by atoms with Gasteiger partial charge in [0.25, 0.3) is 0 Å². The number of hydrogen-bond donors (Lipinski definition) is 1. The van der Waals surface area contributed by atoms with Gasteiger partial charge in [0.15, 0.2) is 0 Å². The van der Waals surface area contributed by atoms with Gasteiger partial charge in [0.1, 0.15) is 11.2 Å². The molecule has 2 aliphatic heterocycles. The van der Waals surface area contributed by atoms with Gasteiger partial charge in [-0.3, -0.25) is 9.59 Å². The highest BCUT2D eigenvalue weighted by Crippen LogP contribution is 2.52. The molecule has 5 rings (SSSR count). The molecule has 1 aliphatic carbocycles. The number of Topliss-reactive ketones (excluding diaryl/α,β-unsaturated/α-hetero) is 1. The fraction of sp³-hybridized carbons (Fsp3) is 0.500. The van der Waals surface area contributed by atoms with Crippen molar-refractivity contribution >= 4 is 22.6 Å². The second kappa shape index (κ2) is 4.50. The Hall–Kier alpha value is -2.10. The van der Waals surface area contributed by atoms with E-state index in [0.29, 0.717) is 12.8 Å². The van der Waals surface area contributed by atoms with Gasteiger partial charge < -0.3 is 9.88 Å². The van der Waals surface area contributed by atoms with Crippen LogP contribution < -0.4 is 0 Å². The molecule has 4 heteroatoms. The van der Waals surface area contributed by atoms with E-state index in [1.165, 1.54) is 16.6 Å². The minimum atomic E-state index is -0.705. The lowest BCUT2D eigenvalue weighted by molar-refractivity contribution is -0.161. The molecule has 124 valence electrons. The van der Waals surface area contributed by atoms with Gasteiger partial charge in [-0.25, -0.2) is 0 Å². The zero-order valence-electron chi connectivity index (χ0n) is 14.0. The minimum absolute atomic E-state index is 0.0862. The van der Waals surface area contributed by atoms with Crippen molar-refractivity contribution < 1.29 is 9.59 Å². The Labute approximate surface area is 141 Å². The molecule has 0 bridgehead atoms. The Kier molecular flexibility index (Phi) is 2.67. The number of hydrogen-bond acceptors (Lipinski definition) is 2. The number of ketones is 1. The maximum absolute atomic E-state index is 13.3. The summed E-state index contributed by atoms with van der Waals surface area (Å²) in [6, 6.07) is 8.39. The molecular weight excluding hydrogens is 300 g/mol. The Balaban J connectivity index is 1.64. The molecule has 1 spiro atoms. The van der Waals surface area contributed by atoms with Gasteiger partial charge in [0.2, 0.25) is 5.91 Å². The fourth-order valence-electron chi connectivity index (χ4n) is 5.35. The Bertz CT molecular complexity index is 883. The topological polar surface area (TPSA) is 53.2 Å². The first kappa shape index (κ1) is 14.3. The maximum Gasteiger partial charge on any atom is 0.237 e. The first-order valence-corrected chi connectivity index (χ1v) is 9.02. The summed E-state index contributed by atoms with van der Waals surface area (Å²) in [5.41, 5.74) is 2.67. The predicted molar refractivity (Wildman–Crippen MR) is 91.6 cm³/mol. The number of amides is 1. The second-order valence-corrected chi connectivity index (χ2v) is 7.86. The SMILES string of the molecule is C[C@@]12CC[C@]3(CCCC3=O)C(=O)N1CCc1c2[nH]c2ccccc12. The fourth-order valence-corrected chi connectivity index (χ4v) is 5.35. The van der Waals surface area contributed by atoms with E-state index >= 15 is 0 Å². The number of benzene rings is 1. The van der Waals surface area contributed by atoms with Crippen molar-refractivity contribution in [2.45, 2.75) is 51.0 Å². The zero-order valence-corrected chi connectivity index (χ0v) is 14.0. The third-order valence-electron chi connectivity index (χ3n) is 6.77. The Morgan fingerprint density at radius 3 is 2.71 bits per heavy atom. The van der Waals surface area contributed by atoms with E-state index in [2.05, 4.69) is 30.1 Å². The van der Waals surface area contributed by atoms with E-state index in [4.69, 9.17) is 0 Å². The molecule has 0 radical (unpaired) electrons. The molecule has 3 aliphatic rings. The van der Waals surface area contributed by atoms with Crippen molar-refractivity contribution in [3.63, 3.8) is 0 Å². The molecule has 0 unspecified atom stereocenters. The predicted octanol–water partition coefficient (Wildman–Crippen LogP) is 3.30. The highest BCUT2D eigenvalue weighted by molar-refractivity contribution is 6.08. The highest BCUT2D eigenvalue weighted by Gasteiger charge is 2.58. The van der Waals surface area contributed by atoms with Crippen LogP contribution in [-0.2, 0) is 21.5 Å². The summed E-state index contributed by atoms with van der Waals surface area (Å²) in [6.45, 7) is 2.89. The molecule has 2 fully saturated rings. The van der Waals surface area contributed by atoms with Gasteiger partial charge in [0.05, 0.1) is 5.54 Å². The average Bonchev–Trinajstić information content (AvgIpc) is 3.14. The van der Waals surface area contributed by atoms with Gasteiger partial charge >= 0.3 is 0 Å². The number of aromatic nitrogens is 1. The van der Waals surface area contributed by atoms with Gasteiger partial charge in [-0.1, -0.05) is 18.2 Å². The standard InChI is InChI=1S/C20H22N2O2/c1-19-10-11-20(9-4-7-16(20)23)18(24)22(19)12-8-14-13-5-2-3-6-15(13)21-17(14)19/h2-3,5-6,21H,4,7-12H2,1H3/t19-,20-/m0/s1. The van der Waals surface area contributed by atoms with Crippen molar-refractivity contribution in [1.29, 1.82) is 0 Å². The normalized spacial score (nSPS) is 32.5. The lowest BCUT2D eigenvalue weighted by atomic mass is 9.68.